The lowest BCUT2D eigenvalue weighted by Crippen LogP contribution is -2.40. The van der Waals surface area contributed by atoms with Crippen molar-refractivity contribution >= 4 is 11.7 Å². The summed E-state index contributed by atoms with van der Waals surface area (Å²) in [5.41, 5.74) is 0.385. The minimum atomic E-state index is 0.160. The highest BCUT2D eigenvalue weighted by molar-refractivity contribution is 5.78. The molecule has 1 fully saturated rings. The van der Waals surface area contributed by atoms with E-state index in [-0.39, 0.29) is 11.8 Å². The fourth-order valence-electron chi connectivity index (χ4n) is 3.48. The van der Waals surface area contributed by atoms with E-state index in [1.54, 1.807) is 12.4 Å². The molecule has 6 nitrogen and oxygen atoms in total. The van der Waals surface area contributed by atoms with Gasteiger partial charge in [0, 0.05) is 37.9 Å². The molecule has 0 bridgehead atoms. The molecule has 1 aliphatic heterocycles. The van der Waals surface area contributed by atoms with Crippen LogP contribution in [0.1, 0.15) is 58.1 Å². The zero-order valence-corrected chi connectivity index (χ0v) is 15.4. The molecule has 1 amide bonds. The minimum Gasteiger partial charge on any atom is -0.356 e. The molecule has 136 valence electrons. The van der Waals surface area contributed by atoms with Gasteiger partial charge >= 0.3 is 0 Å². The number of rotatable bonds is 8. The first-order valence-corrected chi connectivity index (χ1v) is 9.43. The standard InChI is InChI=1S/C19H29N5O/c1-3-5-16(6-4-2)19(25)23-14-15-7-11-24(12-8-15)18-17(13-20)21-9-10-22-18/h9-10,15-16H,3-8,11-12,14H2,1-2H3,(H,23,25). The van der Waals surface area contributed by atoms with Crippen LogP contribution in [0.3, 0.4) is 0 Å². The summed E-state index contributed by atoms with van der Waals surface area (Å²) >= 11 is 0. The van der Waals surface area contributed by atoms with Gasteiger partial charge in [0.25, 0.3) is 0 Å². The Hall–Kier alpha value is -2.16. The van der Waals surface area contributed by atoms with Crippen LogP contribution < -0.4 is 10.2 Å². The van der Waals surface area contributed by atoms with Gasteiger partial charge in [0.15, 0.2) is 11.5 Å². The first-order valence-electron chi connectivity index (χ1n) is 9.43. The molecule has 0 spiro atoms. The Balaban J connectivity index is 1.80. The highest BCUT2D eigenvalue weighted by Gasteiger charge is 2.24. The fraction of sp³-hybridized carbons (Fsp3) is 0.684. The van der Waals surface area contributed by atoms with E-state index >= 15 is 0 Å². The molecule has 1 N–H and O–H groups in total. The molecule has 0 saturated carbocycles. The minimum absolute atomic E-state index is 0.160. The topological polar surface area (TPSA) is 81.9 Å². The van der Waals surface area contributed by atoms with E-state index < -0.39 is 0 Å². The number of nitrogens with zero attached hydrogens (tertiary/aromatic N) is 4. The third-order valence-corrected chi connectivity index (χ3v) is 4.91. The molecule has 2 rings (SSSR count). The average molecular weight is 343 g/mol. The molecular formula is C19H29N5O. The van der Waals surface area contributed by atoms with Crippen molar-refractivity contribution in [2.24, 2.45) is 11.8 Å². The second kappa shape index (κ2) is 9.97. The maximum Gasteiger partial charge on any atom is 0.223 e. The molecule has 0 radical (unpaired) electrons. The quantitative estimate of drug-likeness (QED) is 0.785. The molecule has 25 heavy (non-hydrogen) atoms. The lowest BCUT2D eigenvalue weighted by atomic mass is 9.94. The number of amides is 1. The van der Waals surface area contributed by atoms with Crippen molar-refractivity contribution in [3.05, 3.63) is 18.1 Å². The van der Waals surface area contributed by atoms with Crippen LogP contribution in [0, 0.1) is 23.2 Å². The first kappa shape index (κ1) is 19.2. The van der Waals surface area contributed by atoms with E-state index in [2.05, 4.69) is 40.1 Å². The van der Waals surface area contributed by atoms with Crippen molar-refractivity contribution in [2.45, 2.75) is 52.4 Å². The Morgan fingerprint density at radius 1 is 1.28 bits per heavy atom. The summed E-state index contributed by atoms with van der Waals surface area (Å²) < 4.78 is 0. The highest BCUT2D eigenvalue weighted by Crippen LogP contribution is 2.23. The maximum absolute atomic E-state index is 12.4. The number of nitrogens with one attached hydrogen (secondary N) is 1. The van der Waals surface area contributed by atoms with Gasteiger partial charge in [-0.3, -0.25) is 4.79 Å². The van der Waals surface area contributed by atoms with E-state index in [4.69, 9.17) is 5.26 Å². The second-order valence-corrected chi connectivity index (χ2v) is 6.79. The summed E-state index contributed by atoms with van der Waals surface area (Å²) in [5, 5.41) is 12.3. The Bertz CT molecular complexity index is 584. The predicted molar refractivity (Wildman–Crippen MR) is 98.0 cm³/mol. The van der Waals surface area contributed by atoms with E-state index in [1.807, 2.05) is 0 Å². The monoisotopic (exact) mass is 343 g/mol. The molecule has 0 aliphatic carbocycles. The third-order valence-electron chi connectivity index (χ3n) is 4.91. The number of nitriles is 1. The Labute approximate surface area is 150 Å². The molecule has 0 unspecified atom stereocenters. The van der Waals surface area contributed by atoms with Crippen LogP contribution >= 0.6 is 0 Å². The molecule has 1 aliphatic rings. The van der Waals surface area contributed by atoms with E-state index in [0.717, 1.165) is 58.2 Å². The number of anilines is 1. The summed E-state index contributed by atoms with van der Waals surface area (Å²) in [6.07, 6.45) is 9.22. The maximum atomic E-state index is 12.4. The number of hydrogen-bond acceptors (Lipinski definition) is 5. The Morgan fingerprint density at radius 2 is 1.92 bits per heavy atom. The summed E-state index contributed by atoms with van der Waals surface area (Å²) in [4.78, 5) is 22.9. The van der Waals surface area contributed by atoms with Gasteiger partial charge in [-0.15, -0.1) is 0 Å². The van der Waals surface area contributed by atoms with Crippen molar-refractivity contribution in [3.63, 3.8) is 0 Å². The Kier molecular flexibility index (Phi) is 7.65. The summed E-state index contributed by atoms with van der Waals surface area (Å²) in [5.74, 6) is 1.55. The molecule has 1 saturated heterocycles. The first-order chi connectivity index (χ1) is 12.2. The number of carbonyl (C=O) groups is 1. The van der Waals surface area contributed by atoms with Gasteiger partial charge in [0.1, 0.15) is 6.07 Å². The van der Waals surface area contributed by atoms with E-state index in [9.17, 15) is 4.79 Å². The van der Waals surface area contributed by atoms with Crippen LogP contribution in [0.2, 0.25) is 0 Å². The molecule has 0 atom stereocenters. The fourth-order valence-corrected chi connectivity index (χ4v) is 3.48. The van der Waals surface area contributed by atoms with E-state index in [1.165, 1.54) is 0 Å². The van der Waals surface area contributed by atoms with Gasteiger partial charge in [-0.1, -0.05) is 26.7 Å². The molecule has 1 aromatic heterocycles. The van der Waals surface area contributed by atoms with Crippen molar-refractivity contribution in [1.82, 2.24) is 15.3 Å². The van der Waals surface area contributed by atoms with Crippen LogP contribution in [0.25, 0.3) is 0 Å². The van der Waals surface area contributed by atoms with Gasteiger partial charge in [-0.05, 0) is 31.6 Å². The van der Waals surface area contributed by atoms with Crippen LogP contribution in [-0.4, -0.2) is 35.5 Å². The second-order valence-electron chi connectivity index (χ2n) is 6.79. The largest absolute Gasteiger partial charge is 0.356 e. The zero-order chi connectivity index (χ0) is 18.1. The molecule has 0 aromatic carbocycles. The van der Waals surface area contributed by atoms with Gasteiger partial charge < -0.3 is 10.2 Å². The van der Waals surface area contributed by atoms with Gasteiger partial charge in [-0.25, -0.2) is 9.97 Å². The predicted octanol–water partition coefficient (Wildman–Crippen LogP) is 2.90. The lowest BCUT2D eigenvalue weighted by molar-refractivity contribution is -0.125. The van der Waals surface area contributed by atoms with Crippen molar-refractivity contribution in [3.8, 4) is 6.07 Å². The van der Waals surface area contributed by atoms with Gasteiger partial charge in [-0.2, -0.15) is 5.26 Å². The normalized spacial score (nSPS) is 15.2. The van der Waals surface area contributed by atoms with Crippen LogP contribution in [0.4, 0.5) is 5.82 Å². The highest BCUT2D eigenvalue weighted by atomic mass is 16.1. The molecule has 6 heteroatoms. The number of hydrogen-bond donors (Lipinski definition) is 1. The molecular weight excluding hydrogens is 314 g/mol. The van der Waals surface area contributed by atoms with Crippen molar-refractivity contribution in [1.29, 1.82) is 5.26 Å². The Morgan fingerprint density at radius 3 is 2.52 bits per heavy atom. The summed E-state index contributed by atoms with van der Waals surface area (Å²) in [6.45, 7) is 6.71. The van der Waals surface area contributed by atoms with E-state index in [0.29, 0.717) is 17.4 Å². The van der Waals surface area contributed by atoms with Crippen molar-refractivity contribution in [2.75, 3.05) is 24.5 Å². The van der Waals surface area contributed by atoms with Gasteiger partial charge in [0.2, 0.25) is 5.91 Å². The molecule has 1 aromatic rings. The average Bonchev–Trinajstić information content (AvgIpc) is 2.66. The van der Waals surface area contributed by atoms with Gasteiger partial charge in [0.05, 0.1) is 0 Å². The SMILES string of the molecule is CCCC(CCC)C(=O)NCC1CCN(c2nccnc2C#N)CC1. The summed E-state index contributed by atoms with van der Waals surface area (Å²) in [7, 11) is 0. The number of aromatic nitrogens is 2. The van der Waals surface area contributed by atoms with Crippen molar-refractivity contribution < 1.29 is 4.79 Å². The number of carbonyl (C=O) groups excluding carboxylic acids is 1. The van der Waals surface area contributed by atoms with Crippen LogP contribution in [0.15, 0.2) is 12.4 Å². The zero-order valence-electron chi connectivity index (χ0n) is 15.4. The molecule has 2 heterocycles. The van der Waals surface area contributed by atoms with Crippen LogP contribution in [-0.2, 0) is 4.79 Å². The third kappa shape index (κ3) is 5.42. The van der Waals surface area contributed by atoms with Crippen LogP contribution in [0.5, 0.6) is 0 Å². The number of piperidine rings is 1. The smallest absolute Gasteiger partial charge is 0.223 e. The lowest BCUT2D eigenvalue weighted by Gasteiger charge is -2.33. The summed E-state index contributed by atoms with van der Waals surface area (Å²) in [6, 6.07) is 2.11.